The van der Waals surface area contributed by atoms with Gasteiger partial charge in [0.05, 0.1) is 15.2 Å². The highest BCUT2D eigenvalue weighted by Crippen LogP contribution is 2.34. The Morgan fingerprint density at radius 1 is 1.10 bits per heavy atom. The van der Waals surface area contributed by atoms with Crippen LogP contribution in [0.3, 0.4) is 0 Å². The number of piperidine rings is 1. The summed E-state index contributed by atoms with van der Waals surface area (Å²) in [6.07, 6.45) is 1.29. The number of benzene rings is 2. The van der Waals surface area contributed by atoms with Gasteiger partial charge in [0, 0.05) is 24.6 Å². The lowest BCUT2D eigenvalue weighted by Crippen LogP contribution is -2.44. The Labute approximate surface area is 174 Å². The average molecular weight is 409 g/mol. The molecule has 29 heavy (non-hydrogen) atoms. The number of nitrogens with zero attached hydrogens (tertiary/aromatic N) is 2. The lowest BCUT2D eigenvalue weighted by molar-refractivity contribution is -0.139. The van der Waals surface area contributed by atoms with E-state index in [4.69, 9.17) is 9.72 Å². The van der Waals surface area contributed by atoms with Gasteiger partial charge in [0.25, 0.3) is 5.91 Å². The van der Waals surface area contributed by atoms with Crippen LogP contribution in [0.15, 0.2) is 48.5 Å². The molecule has 0 unspecified atom stereocenters. The van der Waals surface area contributed by atoms with Crippen LogP contribution >= 0.6 is 11.3 Å². The van der Waals surface area contributed by atoms with Gasteiger partial charge in [-0.3, -0.25) is 9.59 Å². The van der Waals surface area contributed by atoms with Crippen LogP contribution in [0, 0.1) is 0 Å². The second-order valence-corrected chi connectivity index (χ2v) is 8.52. The fraction of sp³-hybridized carbons (Fsp3) is 0.348. The summed E-state index contributed by atoms with van der Waals surface area (Å²) in [6.45, 7) is 4.74. The normalized spacial score (nSPS) is 16.0. The van der Waals surface area contributed by atoms with E-state index in [0.29, 0.717) is 17.2 Å². The van der Waals surface area contributed by atoms with Crippen LogP contribution in [0.2, 0.25) is 0 Å². The minimum absolute atomic E-state index is 0.00314. The number of fused-ring (bicyclic) bond motifs is 1. The van der Waals surface area contributed by atoms with Crippen LogP contribution in [0.5, 0.6) is 5.75 Å². The van der Waals surface area contributed by atoms with Gasteiger partial charge in [0.2, 0.25) is 0 Å². The van der Waals surface area contributed by atoms with Crippen molar-refractivity contribution in [3.63, 3.8) is 0 Å². The maximum absolute atomic E-state index is 12.8. The van der Waals surface area contributed by atoms with Crippen LogP contribution in [0.25, 0.3) is 10.2 Å². The summed E-state index contributed by atoms with van der Waals surface area (Å²) in [5.74, 6) is 1.02. The van der Waals surface area contributed by atoms with Crippen molar-refractivity contribution in [3.8, 4) is 5.75 Å². The molecular formula is C23H24N2O3S. The van der Waals surface area contributed by atoms with E-state index in [1.54, 1.807) is 42.5 Å². The first-order valence-electron chi connectivity index (χ1n) is 9.93. The number of carbonyl (C=O) groups is 2. The van der Waals surface area contributed by atoms with Crippen LogP contribution < -0.4 is 4.74 Å². The van der Waals surface area contributed by atoms with Gasteiger partial charge in [0.1, 0.15) is 5.75 Å². The number of hydrogen-bond acceptors (Lipinski definition) is 5. The van der Waals surface area contributed by atoms with Crippen molar-refractivity contribution in [2.45, 2.75) is 38.7 Å². The molecule has 0 saturated carbocycles. The third-order valence-electron chi connectivity index (χ3n) is 5.39. The van der Waals surface area contributed by atoms with Crippen molar-refractivity contribution >= 4 is 33.2 Å². The molecule has 2 heterocycles. The molecule has 0 aliphatic carbocycles. The topological polar surface area (TPSA) is 59.5 Å². The molecule has 5 nitrogen and oxygen atoms in total. The largest absolute Gasteiger partial charge is 0.481 e. The minimum Gasteiger partial charge on any atom is -0.481 e. The highest BCUT2D eigenvalue weighted by Gasteiger charge is 2.29. The van der Waals surface area contributed by atoms with E-state index in [1.807, 2.05) is 17.0 Å². The van der Waals surface area contributed by atoms with Gasteiger partial charge in [-0.25, -0.2) is 4.98 Å². The number of ketones is 1. The summed E-state index contributed by atoms with van der Waals surface area (Å²) in [5.41, 5.74) is 1.69. The smallest absolute Gasteiger partial charge is 0.263 e. The Balaban J connectivity index is 1.33. The molecule has 1 amide bonds. The Hall–Kier alpha value is -2.73. The zero-order valence-electron chi connectivity index (χ0n) is 16.6. The average Bonchev–Trinajstić information content (AvgIpc) is 3.18. The van der Waals surface area contributed by atoms with Gasteiger partial charge < -0.3 is 9.64 Å². The predicted molar refractivity (Wildman–Crippen MR) is 115 cm³/mol. The number of likely N-dealkylation sites (tertiary alicyclic amines) is 1. The number of hydrogen-bond donors (Lipinski definition) is 0. The Morgan fingerprint density at radius 2 is 1.79 bits per heavy atom. The van der Waals surface area contributed by atoms with Crippen molar-refractivity contribution < 1.29 is 14.3 Å². The van der Waals surface area contributed by atoms with E-state index < -0.39 is 6.10 Å². The molecule has 1 aromatic heterocycles. The molecule has 150 valence electrons. The van der Waals surface area contributed by atoms with E-state index in [2.05, 4.69) is 12.1 Å². The maximum atomic E-state index is 12.8. The molecular weight excluding hydrogens is 384 g/mol. The molecule has 6 heteroatoms. The van der Waals surface area contributed by atoms with Gasteiger partial charge in [-0.15, -0.1) is 11.3 Å². The molecule has 1 aliphatic heterocycles. The van der Waals surface area contributed by atoms with Crippen LogP contribution in [0.4, 0.5) is 0 Å². The second kappa shape index (κ2) is 8.33. The zero-order valence-corrected chi connectivity index (χ0v) is 17.4. The lowest BCUT2D eigenvalue weighted by Gasteiger charge is -2.32. The van der Waals surface area contributed by atoms with E-state index >= 15 is 0 Å². The first-order valence-corrected chi connectivity index (χ1v) is 10.7. The number of thiazole rings is 1. The third-order valence-corrected chi connectivity index (χ3v) is 6.59. The van der Waals surface area contributed by atoms with Crippen LogP contribution in [-0.2, 0) is 4.79 Å². The molecule has 3 aromatic rings. The molecule has 1 aliphatic rings. The SMILES string of the molecule is CC(=O)c1ccc(O[C@H](C)C(=O)N2CCC(c3nc4ccccc4s3)CC2)cc1. The molecule has 4 rings (SSSR count). The molecule has 0 N–H and O–H groups in total. The lowest BCUT2D eigenvalue weighted by atomic mass is 9.97. The van der Waals surface area contributed by atoms with Crippen LogP contribution in [0.1, 0.15) is 48.0 Å². The fourth-order valence-corrected chi connectivity index (χ4v) is 4.83. The van der Waals surface area contributed by atoms with Gasteiger partial charge in [-0.05, 0) is 63.1 Å². The van der Waals surface area contributed by atoms with E-state index in [1.165, 1.54) is 16.6 Å². The number of aromatic nitrogens is 1. The highest BCUT2D eigenvalue weighted by atomic mass is 32.1. The molecule has 0 bridgehead atoms. The first-order chi connectivity index (χ1) is 14.0. The molecule has 1 saturated heterocycles. The maximum Gasteiger partial charge on any atom is 0.263 e. The van der Waals surface area contributed by atoms with Crippen molar-refractivity contribution in [2.24, 2.45) is 0 Å². The number of Topliss-reactive ketones (excluding diaryl/α,β-unsaturated/α-hetero) is 1. The molecule has 1 fully saturated rings. The van der Waals surface area contributed by atoms with Crippen molar-refractivity contribution in [2.75, 3.05) is 13.1 Å². The standard InChI is InChI=1S/C23H24N2O3S/c1-15(26)17-7-9-19(10-8-17)28-16(2)23(27)25-13-11-18(12-14-25)22-24-20-5-3-4-6-21(20)29-22/h3-10,16,18H,11-14H2,1-2H3/t16-/m1/s1. The van der Waals surface area contributed by atoms with Gasteiger partial charge >= 0.3 is 0 Å². The van der Waals surface area contributed by atoms with Crippen molar-refractivity contribution in [1.82, 2.24) is 9.88 Å². The monoisotopic (exact) mass is 408 g/mol. The van der Waals surface area contributed by atoms with Crippen LogP contribution in [-0.4, -0.2) is 40.8 Å². The van der Waals surface area contributed by atoms with Gasteiger partial charge in [-0.1, -0.05) is 12.1 Å². The predicted octanol–water partition coefficient (Wildman–Crippen LogP) is 4.67. The summed E-state index contributed by atoms with van der Waals surface area (Å²) >= 11 is 1.76. The first kappa shape index (κ1) is 19.6. The highest BCUT2D eigenvalue weighted by molar-refractivity contribution is 7.18. The van der Waals surface area contributed by atoms with Gasteiger partial charge in [-0.2, -0.15) is 0 Å². The third kappa shape index (κ3) is 4.32. The summed E-state index contributed by atoms with van der Waals surface area (Å²) < 4.78 is 7.02. The zero-order chi connectivity index (χ0) is 20.4. The molecule has 2 aromatic carbocycles. The summed E-state index contributed by atoms with van der Waals surface area (Å²) in [6, 6.07) is 15.1. The second-order valence-electron chi connectivity index (χ2n) is 7.46. The van der Waals surface area contributed by atoms with E-state index in [9.17, 15) is 9.59 Å². The van der Waals surface area contributed by atoms with Gasteiger partial charge in [0.15, 0.2) is 11.9 Å². The molecule has 0 radical (unpaired) electrons. The number of amides is 1. The number of para-hydroxylation sites is 1. The number of ether oxygens (including phenoxy) is 1. The van der Waals surface area contributed by atoms with E-state index in [0.717, 1.165) is 31.4 Å². The quantitative estimate of drug-likeness (QED) is 0.576. The van der Waals surface area contributed by atoms with E-state index in [-0.39, 0.29) is 11.7 Å². The Morgan fingerprint density at radius 3 is 2.45 bits per heavy atom. The summed E-state index contributed by atoms with van der Waals surface area (Å²) in [4.78, 5) is 30.8. The Bertz CT molecular complexity index is 987. The van der Waals surface area contributed by atoms with Crippen molar-refractivity contribution in [1.29, 1.82) is 0 Å². The molecule has 1 atom stereocenters. The van der Waals surface area contributed by atoms with Crippen molar-refractivity contribution in [3.05, 3.63) is 59.1 Å². The minimum atomic E-state index is -0.558. The number of rotatable bonds is 5. The number of carbonyl (C=O) groups excluding carboxylic acids is 2. The fourth-order valence-electron chi connectivity index (χ4n) is 3.69. The summed E-state index contributed by atoms with van der Waals surface area (Å²) in [5, 5.41) is 1.17. The Kier molecular flexibility index (Phi) is 5.62. The summed E-state index contributed by atoms with van der Waals surface area (Å²) in [7, 11) is 0. The molecule has 0 spiro atoms.